The number of hydrogen-bond acceptors (Lipinski definition) is 3. The van der Waals surface area contributed by atoms with E-state index in [1.165, 1.54) is 0 Å². The largest absolute Gasteiger partial charge is 0.306 e. The average molecular weight is 227 g/mol. The third-order valence-electron chi connectivity index (χ3n) is 2.27. The number of rotatable bonds is 3. The fourth-order valence-corrected chi connectivity index (χ4v) is 2.28. The number of likely N-dealkylation sites (tertiary alicyclic amines) is 1. The molecule has 0 saturated carbocycles. The normalized spacial score (nSPS) is 26.2. The fraction of sp³-hybridized carbons (Fsp3) is 1.00. The Labute approximate surface area is 83.8 Å². The summed E-state index contributed by atoms with van der Waals surface area (Å²) in [6, 6.07) is 0. The molecular weight excluding hydrogens is 212 g/mol. The highest BCUT2D eigenvalue weighted by atomic mass is 35.7. The monoisotopic (exact) mass is 226 g/mol. The Kier molecular flexibility index (Phi) is 3.97. The molecular formula is C7H15ClN2O2S. The van der Waals surface area contributed by atoms with Gasteiger partial charge >= 0.3 is 0 Å². The maximum absolute atomic E-state index is 10.6. The molecule has 1 fully saturated rings. The highest BCUT2D eigenvalue weighted by Crippen LogP contribution is 2.14. The van der Waals surface area contributed by atoms with E-state index in [0.29, 0.717) is 12.5 Å². The van der Waals surface area contributed by atoms with Crippen LogP contribution in [-0.2, 0) is 9.24 Å². The lowest BCUT2D eigenvalue weighted by Gasteiger charge is -2.29. The van der Waals surface area contributed by atoms with Crippen molar-refractivity contribution >= 4 is 19.9 Å². The molecule has 1 rings (SSSR count). The Balaban J connectivity index is 2.29. The van der Waals surface area contributed by atoms with E-state index in [9.17, 15) is 8.42 Å². The summed E-state index contributed by atoms with van der Waals surface area (Å²) < 4.78 is 23.5. The molecule has 0 aromatic heterocycles. The van der Waals surface area contributed by atoms with Crippen molar-refractivity contribution in [3.63, 3.8) is 0 Å². The van der Waals surface area contributed by atoms with E-state index < -0.39 is 9.24 Å². The second-order valence-corrected chi connectivity index (χ2v) is 5.94. The summed E-state index contributed by atoms with van der Waals surface area (Å²) in [4.78, 5) is 2.21. The molecule has 1 aliphatic heterocycles. The minimum atomic E-state index is -3.54. The van der Waals surface area contributed by atoms with Gasteiger partial charge in [-0.2, -0.15) is 8.42 Å². The van der Waals surface area contributed by atoms with Crippen molar-refractivity contribution in [2.75, 3.05) is 26.7 Å². The van der Waals surface area contributed by atoms with Gasteiger partial charge in [0, 0.05) is 23.8 Å². The zero-order chi connectivity index (χ0) is 9.90. The molecule has 13 heavy (non-hydrogen) atoms. The van der Waals surface area contributed by atoms with Gasteiger partial charge in [0.1, 0.15) is 0 Å². The first kappa shape index (κ1) is 11.2. The van der Waals surface area contributed by atoms with E-state index in [4.69, 9.17) is 10.7 Å². The first-order valence-corrected chi connectivity index (χ1v) is 6.66. The van der Waals surface area contributed by atoms with Crippen molar-refractivity contribution in [2.24, 2.45) is 5.92 Å². The number of nitrogens with one attached hydrogen (secondary N) is 1. The van der Waals surface area contributed by atoms with Gasteiger partial charge in [-0.3, -0.25) is 0 Å². The van der Waals surface area contributed by atoms with Crippen molar-refractivity contribution in [1.29, 1.82) is 0 Å². The van der Waals surface area contributed by atoms with Crippen LogP contribution in [0.4, 0.5) is 0 Å². The molecule has 1 aliphatic rings. The highest BCUT2D eigenvalue weighted by Gasteiger charge is 2.18. The molecule has 1 heterocycles. The summed E-state index contributed by atoms with van der Waals surface area (Å²) in [7, 11) is 3.54. The Morgan fingerprint density at radius 1 is 1.62 bits per heavy atom. The average Bonchev–Trinajstić information content (AvgIpc) is 2.00. The first-order valence-electron chi connectivity index (χ1n) is 4.35. The van der Waals surface area contributed by atoms with E-state index in [1.54, 1.807) is 0 Å². The van der Waals surface area contributed by atoms with Crippen LogP contribution >= 0.6 is 10.7 Å². The minimum Gasteiger partial charge on any atom is -0.306 e. The molecule has 1 unspecified atom stereocenters. The Hall–Kier alpha value is 0.160. The van der Waals surface area contributed by atoms with Gasteiger partial charge in [0.25, 0.3) is 9.24 Å². The quantitative estimate of drug-likeness (QED) is 0.709. The summed E-state index contributed by atoms with van der Waals surface area (Å²) in [6.45, 7) is 2.50. The molecule has 1 atom stereocenters. The topological polar surface area (TPSA) is 49.4 Å². The van der Waals surface area contributed by atoms with Gasteiger partial charge in [0.15, 0.2) is 0 Å². The summed E-state index contributed by atoms with van der Waals surface area (Å²) in [5.41, 5.74) is 0. The predicted octanol–water partition coefficient (Wildman–Crippen LogP) is 0.401. The minimum absolute atomic E-state index is 0.396. The molecule has 0 radical (unpaired) electrons. The van der Waals surface area contributed by atoms with E-state index in [0.717, 1.165) is 25.9 Å². The summed E-state index contributed by atoms with van der Waals surface area (Å²) in [5, 5.41) is 0. The molecule has 1 saturated heterocycles. The van der Waals surface area contributed by atoms with Gasteiger partial charge < -0.3 is 4.90 Å². The zero-order valence-corrected chi connectivity index (χ0v) is 9.24. The SMILES string of the molecule is CN1CCCC(CNS(=O)(=O)Cl)C1. The fourth-order valence-electron chi connectivity index (χ4n) is 1.66. The number of piperidine rings is 1. The van der Waals surface area contributed by atoms with E-state index in [-0.39, 0.29) is 0 Å². The van der Waals surface area contributed by atoms with Gasteiger partial charge in [-0.1, -0.05) is 0 Å². The molecule has 4 nitrogen and oxygen atoms in total. The Bertz CT molecular complexity index is 255. The van der Waals surface area contributed by atoms with Crippen molar-refractivity contribution in [1.82, 2.24) is 9.62 Å². The van der Waals surface area contributed by atoms with Crippen LogP contribution in [0, 0.1) is 5.92 Å². The van der Waals surface area contributed by atoms with Gasteiger partial charge in [-0.15, -0.1) is 0 Å². The number of halogens is 1. The highest BCUT2D eigenvalue weighted by molar-refractivity contribution is 8.12. The Morgan fingerprint density at radius 3 is 2.85 bits per heavy atom. The van der Waals surface area contributed by atoms with Crippen molar-refractivity contribution in [3.05, 3.63) is 0 Å². The van der Waals surface area contributed by atoms with Gasteiger partial charge in [0.05, 0.1) is 0 Å². The predicted molar refractivity (Wildman–Crippen MR) is 53.0 cm³/mol. The smallest absolute Gasteiger partial charge is 0.297 e. The molecule has 6 heteroatoms. The standard InChI is InChI=1S/C7H15ClN2O2S/c1-10-4-2-3-7(6-10)5-9-13(8,11)12/h7,9H,2-6H2,1H3. The summed E-state index contributed by atoms with van der Waals surface area (Å²) in [6.07, 6.45) is 2.20. The third-order valence-corrected chi connectivity index (χ3v) is 3.11. The molecule has 0 aromatic rings. The summed E-state index contributed by atoms with van der Waals surface area (Å²) in [5.74, 6) is 0.396. The zero-order valence-electron chi connectivity index (χ0n) is 7.66. The third kappa shape index (κ3) is 4.81. The van der Waals surface area contributed by atoms with Crippen molar-refractivity contribution < 1.29 is 8.42 Å². The van der Waals surface area contributed by atoms with Crippen LogP contribution in [0.3, 0.4) is 0 Å². The van der Waals surface area contributed by atoms with Crippen LogP contribution in [0.25, 0.3) is 0 Å². The second-order valence-electron chi connectivity index (χ2n) is 3.56. The van der Waals surface area contributed by atoms with Crippen LogP contribution in [0.15, 0.2) is 0 Å². The van der Waals surface area contributed by atoms with Gasteiger partial charge in [-0.25, -0.2) is 4.72 Å². The number of nitrogens with zero attached hydrogens (tertiary/aromatic N) is 1. The molecule has 0 aromatic carbocycles. The first-order chi connectivity index (χ1) is 5.97. The van der Waals surface area contributed by atoms with Crippen LogP contribution in [0.5, 0.6) is 0 Å². The van der Waals surface area contributed by atoms with E-state index in [2.05, 4.69) is 9.62 Å². The lowest BCUT2D eigenvalue weighted by atomic mass is 9.99. The maximum Gasteiger partial charge on any atom is 0.297 e. The summed E-state index contributed by atoms with van der Waals surface area (Å²) >= 11 is 0. The second kappa shape index (κ2) is 4.59. The molecule has 0 bridgehead atoms. The van der Waals surface area contributed by atoms with Crippen molar-refractivity contribution in [2.45, 2.75) is 12.8 Å². The molecule has 0 aliphatic carbocycles. The van der Waals surface area contributed by atoms with E-state index in [1.807, 2.05) is 7.05 Å². The van der Waals surface area contributed by atoms with Gasteiger partial charge in [-0.05, 0) is 32.4 Å². The van der Waals surface area contributed by atoms with Crippen LogP contribution < -0.4 is 4.72 Å². The molecule has 78 valence electrons. The maximum atomic E-state index is 10.6. The number of hydrogen-bond donors (Lipinski definition) is 1. The molecule has 1 N–H and O–H groups in total. The molecule has 0 spiro atoms. The molecule has 0 amide bonds. The van der Waals surface area contributed by atoms with Crippen molar-refractivity contribution in [3.8, 4) is 0 Å². The lowest BCUT2D eigenvalue weighted by molar-refractivity contribution is 0.211. The van der Waals surface area contributed by atoms with Crippen LogP contribution in [-0.4, -0.2) is 40.0 Å². The Morgan fingerprint density at radius 2 is 2.31 bits per heavy atom. The van der Waals surface area contributed by atoms with Crippen LogP contribution in [0.2, 0.25) is 0 Å². The lowest BCUT2D eigenvalue weighted by Crippen LogP contribution is -2.38. The van der Waals surface area contributed by atoms with E-state index >= 15 is 0 Å². The van der Waals surface area contributed by atoms with Gasteiger partial charge in [0.2, 0.25) is 0 Å². The van der Waals surface area contributed by atoms with Crippen LogP contribution in [0.1, 0.15) is 12.8 Å².